The molecule has 12 heteroatoms. The number of ether oxygens (including phenoxy) is 1. The van der Waals surface area contributed by atoms with Crippen LogP contribution in [-0.2, 0) is 22.3 Å². The number of aromatic nitrogens is 1. The van der Waals surface area contributed by atoms with Crippen LogP contribution in [0.3, 0.4) is 0 Å². The van der Waals surface area contributed by atoms with Crippen LogP contribution in [0.4, 0.5) is 23.7 Å². The predicted molar refractivity (Wildman–Crippen MR) is 165 cm³/mol. The molecule has 2 heterocycles. The van der Waals surface area contributed by atoms with Crippen LogP contribution in [0, 0.1) is 0 Å². The molecule has 3 amide bonds. The van der Waals surface area contributed by atoms with E-state index in [-0.39, 0.29) is 24.1 Å². The van der Waals surface area contributed by atoms with E-state index in [9.17, 15) is 27.6 Å². The maximum atomic E-state index is 13.6. The number of nitrogens with one attached hydrogen (secondary N) is 2. The molecular weight excluding hydrogens is 587 g/mol. The van der Waals surface area contributed by atoms with Gasteiger partial charge in [-0.3, -0.25) is 14.6 Å². The number of hydrogen-bond acceptors (Lipinski definition) is 6. The number of alkyl halides is 3. The molecule has 0 unspecified atom stereocenters. The Hall–Kier alpha value is -4.61. The molecule has 2 N–H and O–H groups in total. The Morgan fingerprint density at radius 2 is 1.62 bits per heavy atom. The van der Waals surface area contributed by atoms with Gasteiger partial charge in [-0.25, -0.2) is 4.79 Å². The van der Waals surface area contributed by atoms with Gasteiger partial charge >= 0.3 is 12.3 Å². The van der Waals surface area contributed by atoms with Gasteiger partial charge in [0.05, 0.1) is 11.6 Å². The number of anilines is 1. The van der Waals surface area contributed by atoms with Crippen molar-refractivity contribution >= 4 is 23.6 Å². The fourth-order valence-corrected chi connectivity index (χ4v) is 4.98. The van der Waals surface area contributed by atoms with Crippen LogP contribution in [0.5, 0.6) is 0 Å². The monoisotopic (exact) mass is 625 g/mol. The fourth-order valence-electron chi connectivity index (χ4n) is 4.98. The largest absolute Gasteiger partial charge is 0.444 e. The number of piperazine rings is 1. The third kappa shape index (κ3) is 8.96. The Morgan fingerprint density at radius 3 is 2.22 bits per heavy atom. The predicted octanol–water partition coefficient (Wildman–Crippen LogP) is 5.95. The molecule has 0 saturated carbocycles. The second kappa shape index (κ2) is 13.6. The first-order valence-corrected chi connectivity index (χ1v) is 14.7. The molecule has 1 atom stereocenters. The second-order valence-corrected chi connectivity index (χ2v) is 11.9. The maximum Gasteiger partial charge on any atom is 0.416 e. The molecule has 1 aliphatic heterocycles. The first-order chi connectivity index (χ1) is 21.1. The molecule has 1 aliphatic rings. The van der Waals surface area contributed by atoms with Gasteiger partial charge in [-0.1, -0.05) is 30.3 Å². The number of carbonyl (C=O) groups excluding carboxylic acids is 3. The van der Waals surface area contributed by atoms with Crippen LogP contribution in [0.2, 0.25) is 0 Å². The minimum absolute atomic E-state index is 0.0327. The molecule has 1 saturated heterocycles. The Morgan fingerprint density at radius 1 is 0.956 bits per heavy atom. The van der Waals surface area contributed by atoms with Crippen molar-refractivity contribution in [3.05, 3.63) is 83.2 Å². The number of hydrogen-bond donors (Lipinski definition) is 2. The van der Waals surface area contributed by atoms with Crippen molar-refractivity contribution in [1.82, 2.24) is 20.5 Å². The zero-order chi connectivity index (χ0) is 32.9. The lowest BCUT2D eigenvalue weighted by molar-refractivity contribution is -0.137. The second-order valence-electron chi connectivity index (χ2n) is 11.9. The highest BCUT2D eigenvalue weighted by atomic mass is 19.4. The Balaban J connectivity index is 1.46. The van der Waals surface area contributed by atoms with Crippen LogP contribution in [0.1, 0.15) is 67.8 Å². The normalized spacial score (nSPS) is 14.5. The van der Waals surface area contributed by atoms with Gasteiger partial charge in [0.1, 0.15) is 11.3 Å². The van der Waals surface area contributed by atoms with E-state index in [0.29, 0.717) is 42.9 Å². The van der Waals surface area contributed by atoms with E-state index in [2.05, 4.69) is 20.5 Å². The van der Waals surface area contributed by atoms with E-state index in [1.807, 2.05) is 6.07 Å². The highest BCUT2D eigenvalue weighted by molar-refractivity contribution is 5.93. The lowest BCUT2D eigenvalue weighted by Crippen LogP contribution is -2.48. The summed E-state index contributed by atoms with van der Waals surface area (Å²) in [5, 5.41) is 5.54. The van der Waals surface area contributed by atoms with Crippen molar-refractivity contribution in [3.8, 4) is 11.1 Å². The summed E-state index contributed by atoms with van der Waals surface area (Å²) >= 11 is 0. The number of nitrogens with zero attached hydrogens (tertiary/aromatic N) is 3. The smallest absolute Gasteiger partial charge is 0.416 e. The molecular formula is C33H38F3N5O4. The van der Waals surface area contributed by atoms with Crippen LogP contribution in [-0.4, -0.2) is 59.6 Å². The van der Waals surface area contributed by atoms with Crippen molar-refractivity contribution < 1.29 is 32.3 Å². The molecule has 0 bridgehead atoms. The number of alkyl carbamates (subject to hydrolysis) is 1. The highest BCUT2D eigenvalue weighted by Gasteiger charge is 2.31. The highest BCUT2D eigenvalue weighted by Crippen LogP contribution is 2.34. The van der Waals surface area contributed by atoms with Crippen molar-refractivity contribution in [3.63, 3.8) is 0 Å². The molecule has 0 radical (unpaired) electrons. The lowest BCUT2D eigenvalue weighted by atomic mass is 9.95. The molecule has 1 aromatic heterocycles. The van der Waals surface area contributed by atoms with E-state index in [4.69, 9.17) is 4.74 Å². The fraction of sp³-hybridized carbons (Fsp3) is 0.394. The molecule has 3 aromatic rings. The number of rotatable bonds is 7. The van der Waals surface area contributed by atoms with Gasteiger partial charge in [0.15, 0.2) is 0 Å². The molecule has 4 rings (SSSR count). The summed E-state index contributed by atoms with van der Waals surface area (Å²) in [6.45, 7) is 11.0. The average molecular weight is 626 g/mol. The van der Waals surface area contributed by atoms with Crippen LogP contribution < -0.4 is 15.5 Å². The van der Waals surface area contributed by atoms with Gasteiger partial charge in [-0.05, 0) is 74.2 Å². The van der Waals surface area contributed by atoms with E-state index in [0.717, 1.165) is 23.4 Å². The Bertz CT molecular complexity index is 1530. The first-order valence-electron chi connectivity index (χ1n) is 14.7. The van der Waals surface area contributed by atoms with Gasteiger partial charge in [0.2, 0.25) is 5.91 Å². The first kappa shape index (κ1) is 33.3. The van der Waals surface area contributed by atoms with Crippen LogP contribution >= 0.6 is 0 Å². The zero-order valence-electron chi connectivity index (χ0n) is 26.0. The molecule has 1 fully saturated rings. The van der Waals surface area contributed by atoms with Gasteiger partial charge in [-0.2, -0.15) is 13.2 Å². The summed E-state index contributed by atoms with van der Waals surface area (Å²) in [5.74, 6) is -0.332. The minimum atomic E-state index is -4.54. The maximum absolute atomic E-state index is 13.6. The van der Waals surface area contributed by atoms with E-state index >= 15 is 0 Å². The Labute approximate surface area is 260 Å². The summed E-state index contributed by atoms with van der Waals surface area (Å²) in [7, 11) is 0. The summed E-state index contributed by atoms with van der Waals surface area (Å²) in [6.07, 6.45) is -3.65. The molecule has 0 spiro atoms. The summed E-state index contributed by atoms with van der Waals surface area (Å²) < 4.78 is 46.0. The van der Waals surface area contributed by atoms with E-state index in [1.54, 1.807) is 76.0 Å². The number of benzene rings is 2. The van der Waals surface area contributed by atoms with Crippen molar-refractivity contribution in [2.75, 3.05) is 31.1 Å². The number of amides is 3. The molecule has 9 nitrogen and oxygen atoms in total. The molecule has 2 aromatic carbocycles. The van der Waals surface area contributed by atoms with Crippen molar-refractivity contribution in [1.29, 1.82) is 0 Å². The van der Waals surface area contributed by atoms with Crippen molar-refractivity contribution in [2.45, 2.75) is 59.0 Å². The standard InChI is InChI=1S/C33H38F3N5O4/c1-21(39-30(43)29-19-27(12-13-37-29)41-16-14-40(15-17-41)22(2)42)23-6-8-24(9-7-23)28-18-26(33(34,35)36)11-10-25(28)20-38-31(44)45-32(3,4)5/h6-13,18-19,21H,14-17,20H2,1-5H3,(H,38,44)(H,39,43)/t21-/m1/s1. The van der Waals surface area contributed by atoms with Gasteiger partial charge in [-0.15, -0.1) is 0 Å². The lowest BCUT2D eigenvalue weighted by Gasteiger charge is -2.35. The number of pyridine rings is 1. The quantitative estimate of drug-likeness (QED) is 0.336. The van der Waals surface area contributed by atoms with E-state index < -0.39 is 29.5 Å². The van der Waals surface area contributed by atoms with Crippen molar-refractivity contribution in [2.24, 2.45) is 0 Å². The van der Waals surface area contributed by atoms with Crippen LogP contribution in [0.25, 0.3) is 11.1 Å². The van der Waals surface area contributed by atoms with Gasteiger partial charge in [0, 0.05) is 51.5 Å². The number of carbonyl (C=O) groups is 3. The third-order valence-corrected chi connectivity index (χ3v) is 7.39. The SMILES string of the molecule is CC(=O)N1CCN(c2ccnc(C(=O)N[C@H](C)c3ccc(-c4cc(C(F)(F)F)ccc4CNC(=O)OC(C)(C)C)cc3)c2)CC1. The van der Waals surface area contributed by atoms with Gasteiger partial charge < -0.3 is 25.2 Å². The summed E-state index contributed by atoms with van der Waals surface area (Å²) in [5.41, 5.74) is 1.61. The summed E-state index contributed by atoms with van der Waals surface area (Å²) in [4.78, 5) is 45.0. The number of halogens is 3. The third-order valence-electron chi connectivity index (χ3n) is 7.39. The summed E-state index contributed by atoms with van der Waals surface area (Å²) in [6, 6.07) is 13.4. The molecule has 0 aliphatic carbocycles. The van der Waals surface area contributed by atoms with Gasteiger partial charge in [0.25, 0.3) is 5.91 Å². The minimum Gasteiger partial charge on any atom is -0.444 e. The van der Waals surface area contributed by atoms with Crippen LogP contribution in [0.15, 0.2) is 60.8 Å². The topological polar surface area (TPSA) is 104 Å². The zero-order valence-corrected chi connectivity index (χ0v) is 26.0. The van der Waals surface area contributed by atoms with E-state index in [1.165, 1.54) is 6.07 Å². The average Bonchev–Trinajstić information content (AvgIpc) is 2.98. The Kier molecular flexibility index (Phi) is 10.0. The molecule has 240 valence electrons. The molecule has 45 heavy (non-hydrogen) atoms.